The second-order valence-electron chi connectivity index (χ2n) is 4.35. The van der Waals surface area contributed by atoms with Crippen LogP contribution in [0.4, 0.5) is 0 Å². The van der Waals surface area contributed by atoms with Crippen LogP contribution < -0.4 is 4.74 Å². The second kappa shape index (κ2) is 6.24. The molecule has 17 heavy (non-hydrogen) atoms. The molecule has 1 aromatic carbocycles. The molecule has 1 heterocycles. The lowest BCUT2D eigenvalue weighted by Gasteiger charge is -2.27. The maximum absolute atomic E-state index is 8.94. The van der Waals surface area contributed by atoms with Gasteiger partial charge in [-0.1, -0.05) is 11.6 Å². The molecular weight excluding hydrogens is 240 g/mol. The zero-order valence-corrected chi connectivity index (χ0v) is 10.4. The Morgan fingerprint density at radius 3 is 2.65 bits per heavy atom. The van der Waals surface area contributed by atoms with Crippen molar-refractivity contribution in [2.24, 2.45) is 5.92 Å². The molecule has 1 fully saturated rings. The molecule has 1 aromatic rings. The van der Waals surface area contributed by atoms with Crippen molar-refractivity contribution in [1.29, 1.82) is 0 Å². The molecule has 0 spiro atoms. The fourth-order valence-corrected chi connectivity index (χ4v) is 2.01. The van der Waals surface area contributed by atoms with Gasteiger partial charge < -0.3 is 14.6 Å². The Kier molecular flexibility index (Phi) is 4.66. The van der Waals surface area contributed by atoms with Crippen LogP contribution in [0.1, 0.15) is 12.8 Å². The summed E-state index contributed by atoms with van der Waals surface area (Å²) in [5.41, 5.74) is 0. The van der Waals surface area contributed by atoms with Gasteiger partial charge in [-0.15, -0.1) is 0 Å². The molecule has 0 amide bonds. The van der Waals surface area contributed by atoms with Crippen LogP contribution in [-0.4, -0.2) is 31.0 Å². The third kappa shape index (κ3) is 3.87. The molecule has 1 aliphatic heterocycles. The number of aliphatic hydroxyl groups is 1. The molecular formula is C13H17ClO3. The Balaban J connectivity index is 1.74. The van der Waals surface area contributed by atoms with E-state index < -0.39 is 0 Å². The minimum atomic E-state index is 0.0155. The highest BCUT2D eigenvalue weighted by Gasteiger charge is 2.21. The highest BCUT2D eigenvalue weighted by Crippen LogP contribution is 2.21. The Morgan fingerprint density at radius 2 is 2.06 bits per heavy atom. The van der Waals surface area contributed by atoms with E-state index in [1.807, 2.05) is 24.3 Å². The first-order chi connectivity index (χ1) is 8.28. The van der Waals surface area contributed by atoms with Gasteiger partial charge in [0.15, 0.2) is 0 Å². The number of halogens is 1. The van der Waals surface area contributed by atoms with Gasteiger partial charge in [0.05, 0.1) is 25.9 Å². The van der Waals surface area contributed by atoms with Gasteiger partial charge in [-0.2, -0.15) is 0 Å². The average Bonchev–Trinajstić information content (AvgIpc) is 2.39. The molecule has 0 bridgehead atoms. The van der Waals surface area contributed by atoms with Crippen LogP contribution >= 0.6 is 11.6 Å². The summed E-state index contributed by atoms with van der Waals surface area (Å²) >= 11 is 5.79. The summed E-state index contributed by atoms with van der Waals surface area (Å²) < 4.78 is 11.2. The van der Waals surface area contributed by atoms with Gasteiger partial charge in [-0.25, -0.2) is 0 Å². The van der Waals surface area contributed by atoms with Crippen LogP contribution in [0.15, 0.2) is 24.3 Å². The molecule has 0 aromatic heterocycles. The summed E-state index contributed by atoms with van der Waals surface area (Å²) in [6.45, 7) is 1.43. The summed E-state index contributed by atoms with van der Waals surface area (Å²) in [6.07, 6.45) is 1.96. The summed E-state index contributed by atoms with van der Waals surface area (Å²) in [4.78, 5) is 0. The van der Waals surface area contributed by atoms with Crippen molar-refractivity contribution in [2.75, 3.05) is 19.8 Å². The van der Waals surface area contributed by atoms with Crippen molar-refractivity contribution in [1.82, 2.24) is 0 Å². The van der Waals surface area contributed by atoms with Crippen molar-refractivity contribution in [3.63, 3.8) is 0 Å². The lowest BCUT2D eigenvalue weighted by molar-refractivity contribution is -0.0508. The number of rotatable bonds is 4. The van der Waals surface area contributed by atoms with Crippen molar-refractivity contribution in [3.05, 3.63) is 29.3 Å². The minimum absolute atomic E-state index is 0.0155. The molecule has 0 unspecified atom stereocenters. The minimum Gasteiger partial charge on any atom is -0.493 e. The predicted molar refractivity (Wildman–Crippen MR) is 66.5 cm³/mol. The summed E-state index contributed by atoms with van der Waals surface area (Å²) in [7, 11) is 0. The lowest BCUT2D eigenvalue weighted by Crippen LogP contribution is -2.31. The monoisotopic (exact) mass is 256 g/mol. The zero-order chi connectivity index (χ0) is 12.1. The van der Waals surface area contributed by atoms with Crippen molar-refractivity contribution < 1.29 is 14.6 Å². The molecule has 2 atom stereocenters. The summed E-state index contributed by atoms with van der Waals surface area (Å²) in [5, 5.41) is 9.65. The lowest BCUT2D eigenvalue weighted by atomic mass is 9.99. The van der Waals surface area contributed by atoms with E-state index in [1.54, 1.807) is 0 Å². The summed E-state index contributed by atoms with van der Waals surface area (Å²) in [5.74, 6) is 1.24. The Bertz CT molecular complexity index is 331. The van der Waals surface area contributed by atoms with Crippen LogP contribution in [0.3, 0.4) is 0 Å². The number of hydrogen-bond donors (Lipinski definition) is 1. The van der Waals surface area contributed by atoms with E-state index in [1.165, 1.54) is 0 Å². The van der Waals surface area contributed by atoms with Gasteiger partial charge in [0.25, 0.3) is 0 Å². The van der Waals surface area contributed by atoms with Gasteiger partial charge in [-0.05, 0) is 37.1 Å². The van der Waals surface area contributed by atoms with Gasteiger partial charge >= 0.3 is 0 Å². The molecule has 1 aliphatic rings. The standard InChI is InChI=1S/C13H17ClO3/c14-11-2-5-12(6-3-11)16-8-10-1-4-13(7-15)17-9-10/h2-3,5-6,10,13,15H,1,4,7-9H2/t10-,13+/m0/s1. The fraction of sp³-hybridized carbons (Fsp3) is 0.538. The normalized spacial score (nSPS) is 24.6. The fourth-order valence-electron chi connectivity index (χ4n) is 1.88. The van der Waals surface area contributed by atoms with E-state index in [0.717, 1.165) is 18.6 Å². The topological polar surface area (TPSA) is 38.7 Å². The van der Waals surface area contributed by atoms with E-state index >= 15 is 0 Å². The molecule has 1 saturated heterocycles. The molecule has 94 valence electrons. The third-order valence-electron chi connectivity index (χ3n) is 2.97. The van der Waals surface area contributed by atoms with Crippen LogP contribution in [0.2, 0.25) is 5.02 Å². The number of aliphatic hydroxyl groups excluding tert-OH is 1. The largest absolute Gasteiger partial charge is 0.493 e. The Morgan fingerprint density at radius 1 is 1.29 bits per heavy atom. The van der Waals surface area contributed by atoms with Crippen molar-refractivity contribution in [3.8, 4) is 5.75 Å². The average molecular weight is 257 g/mol. The van der Waals surface area contributed by atoms with Gasteiger partial charge in [0.2, 0.25) is 0 Å². The van der Waals surface area contributed by atoms with Crippen LogP contribution in [0.25, 0.3) is 0 Å². The quantitative estimate of drug-likeness (QED) is 0.900. The molecule has 0 saturated carbocycles. The summed E-state index contributed by atoms with van der Waals surface area (Å²) in [6, 6.07) is 7.36. The van der Waals surface area contributed by atoms with Crippen LogP contribution in [0.5, 0.6) is 5.75 Å². The number of ether oxygens (including phenoxy) is 2. The maximum atomic E-state index is 8.94. The molecule has 2 rings (SSSR count). The molecule has 1 N–H and O–H groups in total. The van der Waals surface area contributed by atoms with E-state index in [9.17, 15) is 0 Å². The number of hydrogen-bond acceptors (Lipinski definition) is 3. The smallest absolute Gasteiger partial charge is 0.119 e. The first-order valence-electron chi connectivity index (χ1n) is 5.88. The molecule has 3 nitrogen and oxygen atoms in total. The zero-order valence-electron chi connectivity index (χ0n) is 9.64. The highest BCUT2D eigenvalue weighted by molar-refractivity contribution is 6.30. The highest BCUT2D eigenvalue weighted by atomic mass is 35.5. The second-order valence-corrected chi connectivity index (χ2v) is 4.78. The van der Waals surface area contributed by atoms with E-state index in [2.05, 4.69) is 0 Å². The Labute approximate surface area is 106 Å². The van der Waals surface area contributed by atoms with E-state index in [0.29, 0.717) is 24.2 Å². The van der Waals surface area contributed by atoms with Crippen LogP contribution in [0, 0.1) is 5.92 Å². The van der Waals surface area contributed by atoms with E-state index in [4.69, 9.17) is 26.2 Å². The third-order valence-corrected chi connectivity index (χ3v) is 3.22. The van der Waals surface area contributed by atoms with Gasteiger partial charge in [0, 0.05) is 10.9 Å². The van der Waals surface area contributed by atoms with Gasteiger partial charge in [-0.3, -0.25) is 0 Å². The molecule has 0 aliphatic carbocycles. The van der Waals surface area contributed by atoms with Crippen molar-refractivity contribution >= 4 is 11.6 Å². The SMILES string of the molecule is OC[C@H]1CC[C@@H](COc2ccc(Cl)cc2)CO1. The molecule has 4 heteroatoms. The Hall–Kier alpha value is -0.770. The van der Waals surface area contributed by atoms with E-state index in [-0.39, 0.29) is 12.7 Å². The predicted octanol–water partition coefficient (Wildman–Crippen LogP) is 2.51. The van der Waals surface area contributed by atoms with Crippen LogP contribution in [-0.2, 0) is 4.74 Å². The molecule has 0 radical (unpaired) electrons. The van der Waals surface area contributed by atoms with Crippen molar-refractivity contribution in [2.45, 2.75) is 18.9 Å². The van der Waals surface area contributed by atoms with Gasteiger partial charge in [0.1, 0.15) is 5.75 Å². The maximum Gasteiger partial charge on any atom is 0.119 e. The number of benzene rings is 1. The first kappa shape index (κ1) is 12.7. The first-order valence-corrected chi connectivity index (χ1v) is 6.26.